The zero-order chi connectivity index (χ0) is 16.9. The van der Waals surface area contributed by atoms with E-state index in [1.165, 1.54) is 6.92 Å². The molecule has 0 unspecified atom stereocenters. The van der Waals surface area contributed by atoms with Crippen LogP contribution in [0.5, 0.6) is 0 Å². The van der Waals surface area contributed by atoms with E-state index in [1.807, 2.05) is 0 Å². The van der Waals surface area contributed by atoms with E-state index in [0.717, 1.165) is 6.08 Å². The lowest BCUT2D eigenvalue weighted by atomic mass is 9.97. The Labute approximate surface area is 126 Å². The topological polar surface area (TPSA) is 157 Å². The van der Waals surface area contributed by atoms with Gasteiger partial charge in [0.15, 0.2) is 12.1 Å². The lowest BCUT2D eigenvalue weighted by Gasteiger charge is -2.40. The molecule has 5 atom stereocenters. The SMILES string of the molecule is CC(=O)/C=C(\O)CCC(=O)N[C@@H]1[C@@H](O)[C@H](O)[C@@H](CO)O[C@H]1O. The van der Waals surface area contributed by atoms with Gasteiger partial charge in [0.1, 0.15) is 24.4 Å². The van der Waals surface area contributed by atoms with E-state index in [0.29, 0.717) is 0 Å². The Morgan fingerprint density at radius 2 is 1.82 bits per heavy atom. The smallest absolute Gasteiger partial charge is 0.220 e. The number of ether oxygens (including phenoxy) is 1. The fourth-order valence-corrected chi connectivity index (χ4v) is 2.06. The van der Waals surface area contributed by atoms with Crippen molar-refractivity contribution >= 4 is 11.7 Å². The standard InChI is InChI=1S/C13H21NO8/c1-6(16)4-7(17)2-3-9(18)14-10-12(20)11(19)8(5-15)22-13(10)21/h4,8,10-13,15,17,19-21H,2-3,5H2,1H3,(H,14,18)/b7-4-/t8-,10-,11-,12-,13-/m1/s1. The Hall–Kier alpha value is -1.52. The van der Waals surface area contributed by atoms with E-state index in [2.05, 4.69) is 5.32 Å². The molecule has 0 aromatic rings. The number of hydrogen-bond donors (Lipinski definition) is 6. The van der Waals surface area contributed by atoms with Gasteiger partial charge in [-0.1, -0.05) is 0 Å². The van der Waals surface area contributed by atoms with Crippen LogP contribution in [0.4, 0.5) is 0 Å². The third-order valence-corrected chi connectivity index (χ3v) is 3.21. The molecular weight excluding hydrogens is 298 g/mol. The monoisotopic (exact) mass is 319 g/mol. The summed E-state index contributed by atoms with van der Waals surface area (Å²) in [6.45, 7) is 0.654. The van der Waals surface area contributed by atoms with Crippen LogP contribution in [0.15, 0.2) is 11.8 Å². The molecule has 126 valence electrons. The molecule has 1 saturated heterocycles. The zero-order valence-corrected chi connectivity index (χ0v) is 12.0. The third kappa shape index (κ3) is 5.04. The summed E-state index contributed by atoms with van der Waals surface area (Å²) < 4.78 is 4.89. The molecule has 0 bridgehead atoms. The van der Waals surface area contributed by atoms with Crippen molar-refractivity contribution in [3.05, 3.63) is 11.8 Å². The van der Waals surface area contributed by atoms with Gasteiger partial charge in [-0.2, -0.15) is 0 Å². The molecule has 1 fully saturated rings. The first-order chi connectivity index (χ1) is 10.3. The van der Waals surface area contributed by atoms with Crippen LogP contribution >= 0.6 is 0 Å². The second-order valence-corrected chi connectivity index (χ2v) is 5.07. The van der Waals surface area contributed by atoms with Crippen molar-refractivity contribution in [3.63, 3.8) is 0 Å². The highest BCUT2D eigenvalue weighted by Gasteiger charge is 2.44. The summed E-state index contributed by atoms with van der Waals surface area (Å²) >= 11 is 0. The fraction of sp³-hybridized carbons (Fsp3) is 0.692. The molecule has 6 N–H and O–H groups in total. The molecule has 9 heteroatoms. The predicted molar refractivity (Wildman–Crippen MR) is 72.5 cm³/mol. The van der Waals surface area contributed by atoms with Crippen LogP contribution in [-0.4, -0.2) is 74.5 Å². The van der Waals surface area contributed by atoms with Crippen molar-refractivity contribution < 1.29 is 39.9 Å². The average molecular weight is 319 g/mol. The van der Waals surface area contributed by atoms with E-state index < -0.39 is 43.2 Å². The van der Waals surface area contributed by atoms with Crippen molar-refractivity contribution in [2.24, 2.45) is 0 Å². The summed E-state index contributed by atoms with van der Waals surface area (Å²) in [5.41, 5.74) is 0. The molecule has 22 heavy (non-hydrogen) atoms. The molecule has 0 aromatic heterocycles. The van der Waals surface area contributed by atoms with Crippen molar-refractivity contribution in [1.29, 1.82) is 0 Å². The van der Waals surface area contributed by atoms with Crippen LogP contribution in [0.1, 0.15) is 19.8 Å². The highest BCUT2D eigenvalue weighted by atomic mass is 16.6. The van der Waals surface area contributed by atoms with Crippen LogP contribution in [0.2, 0.25) is 0 Å². The summed E-state index contributed by atoms with van der Waals surface area (Å²) in [5.74, 6) is -1.24. The molecule has 1 aliphatic rings. The van der Waals surface area contributed by atoms with Gasteiger partial charge in [-0.15, -0.1) is 0 Å². The maximum Gasteiger partial charge on any atom is 0.220 e. The van der Waals surface area contributed by atoms with Crippen LogP contribution in [-0.2, 0) is 14.3 Å². The molecule has 9 nitrogen and oxygen atoms in total. The first-order valence-corrected chi connectivity index (χ1v) is 6.76. The van der Waals surface area contributed by atoms with Gasteiger partial charge in [0.05, 0.1) is 12.4 Å². The van der Waals surface area contributed by atoms with Gasteiger partial charge in [-0.3, -0.25) is 9.59 Å². The number of aliphatic hydroxyl groups is 5. The normalized spacial score (nSPS) is 32.6. The van der Waals surface area contributed by atoms with Gasteiger partial charge in [-0.25, -0.2) is 0 Å². The van der Waals surface area contributed by atoms with E-state index in [9.17, 15) is 30.0 Å². The summed E-state index contributed by atoms with van der Waals surface area (Å²) in [6, 6.07) is -1.27. The van der Waals surface area contributed by atoms with Gasteiger partial charge in [0.2, 0.25) is 5.91 Å². The Balaban J connectivity index is 2.55. The molecule has 1 heterocycles. The van der Waals surface area contributed by atoms with Gasteiger partial charge in [0.25, 0.3) is 0 Å². The summed E-state index contributed by atoms with van der Waals surface area (Å²) in [6.07, 6.45) is -5.04. The van der Waals surface area contributed by atoms with E-state index in [4.69, 9.17) is 9.84 Å². The Bertz CT molecular complexity index is 438. The molecule has 0 spiro atoms. The van der Waals surface area contributed by atoms with Crippen molar-refractivity contribution in [2.75, 3.05) is 6.61 Å². The largest absolute Gasteiger partial charge is 0.512 e. The number of allylic oxidation sites excluding steroid dienone is 2. The summed E-state index contributed by atoms with van der Waals surface area (Å²) in [4.78, 5) is 22.4. The van der Waals surface area contributed by atoms with Crippen LogP contribution < -0.4 is 5.32 Å². The molecule has 0 radical (unpaired) electrons. The Morgan fingerprint density at radius 3 is 2.36 bits per heavy atom. The lowest BCUT2D eigenvalue weighted by molar-refractivity contribution is -0.253. The van der Waals surface area contributed by atoms with Crippen LogP contribution in [0.3, 0.4) is 0 Å². The number of rotatable bonds is 6. The molecule has 0 saturated carbocycles. The highest BCUT2D eigenvalue weighted by molar-refractivity contribution is 5.87. The van der Waals surface area contributed by atoms with Crippen LogP contribution in [0.25, 0.3) is 0 Å². The number of aliphatic hydroxyl groups excluding tert-OH is 5. The van der Waals surface area contributed by atoms with Gasteiger partial charge in [0, 0.05) is 18.9 Å². The maximum absolute atomic E-state index is 11.7. The number of carbonyl (C=O) groups is 2. The van der Waals surface area contributed by atoms with Gasteiger partial charge < -0.3 is 35.6 Å². The summed E-state index contributed by atoms with van der Waals surface area (Å²) in [5, 5.41) is 49.7. The lowest BCUT2D eigenvalue weighted by Crippen LogP contribution is -2.64. The van der Waals surface area contributed by atoms with Crippen molar-refractivity contribution in [3.8, 4) is 0 Å². The fourth-order valence-electron chi connectivity index (χ4n) is 2.06. The number of amides is 1. The number of hydrogen-bond acceptors (Lipinski definition) is 8. The van der Waals surface area contributed by atoms with Crippen LogP contribution in [0, 0.1) is 0 Å². The third-order valence-electron chi connectivity index (χ3n) is 3.21. The van der Waals surface area contributed by atoms with E-state index in [1.54, 1.807) is 0 Å². The minimum Gasteiger partial charge on any atom is -0.512 e. The second kappa shape index (κ2) is 8.20. The highest BCUT2D eigenvalue weighted by Crippen LogP contribution is 2.20. The number of nitrogens with one attached hydrogen (secondary N) is 1. The van der Waals surface area contributed by atoms with Gasteiger partial charge >= 0.3 is 0 Å². The predicted octanol–water partition coefficient (Wildman–Crippen LogP) is -2.29. The second-order valence-electron chi connectivity index (χ2n) is 5.07. The molecule has 1 aliphatic heterocycles. The zero-order valence-electron chi connectivity index (χ0n) is 12.0. The molecule has 0 aromatic carbocycles. The Morgan fingerprint density at radius 1 is 1.18 bits per heavy atom. The maximum atomic E-state index is 11.7. The molecule has 1 rings (SSSR count). The molecular formula is C13H21NO8. The quantitative estimate of drug-likeness (QED) is 0.236. The number of carbonyl (C=O) groups excluding carboxylic acids is 2. The van der Waals surface area contributed by atoms with E-state index in [-0.39, 0.29) is 24.4 Å². The molecule has 1 amide bonds. The minimum absolute atomic E-state index is 0.0903. The Kier molecular flexibility index (Phi) is 6.91. The van der Waals surface area contributed by atoms with Gasteiger partial charge in [-0.05, 0) is 6.92 Å². The average Bonchev–Trinajstić information content (AvgIpc) is 2.44. The molecule has 0 aliphatic carbocycles. The first kappa shape index (κ1) is 18.5. The minimum atomic E-state index is -1.60. The summed E-state index contributed by atoms with van der Waals surface area (Å²) in [7, 11) is 0. The van der Waals surface area contributed by atoms with E-state index >= 15 is 0 Å². The first-order valence-electron chi connectivity index (χ1n) is 6.76. The van der Waals surface area contributed by atoms with Crippen molar-refractivity contribution in [2.45, 2.75) is 50.4 Å². The van der Waals surface area contributed by atoms with Crippen molar-refractivity contribution in [1.82, 2.24) is 5.32 Å². The number of ketones is 1.